The van der Waals surface area contributed by atoms with Crippen LogP contribution in [0.15, 0.2) is 28.1 Å². The van der Waals surface area contributed by atoms with Crippen LogP contribution in [0.4, 0.5) is 11.4 Å². The first-order valence-corrected chi connectivity index (χ1v) is 8.58. The molecule has 1 aliphatic rings. The van der Waals surface area contributed by atoms with E-state index in [1.807, 2.05) is 39.2 Å². The minimum absolute atomic E-state index is 0.242. The van der Waals surface area contributed by atoms with Crippen molar-refractivity contribution in [1.29, 1.82) is 0 Å². The summed E-state index contributed by atoms with van der Waals surface area (Å²) in [4.78, 5) is 8.45. The lowest BCUT2D eigenvalue weighted by atomic mass is 10.2. The van der Waals surface area contributed by atoms with E-state index in [0.717, 1.165) is 18.7 Å². The van der Waals surface area contributed by atoms with Crippen LogP contribution in [0.25, 0.3) is 0 Å². The van der Waals surface area contributed by atoms with Gasteiger partial charge in [-0.2, -0.15) is 0 Å². The van der Waals surface area contributed by atoms with Crippen molar-refractivity contribution in [3.05, 3.63) is 18.2 Å². The smallest absolute Gasteiger partial charge is 0.266 e. The molecule has 2 rings (SSSR count). The standard InChI is InChI=1S/C14H23N5O2S/c1-18(2)9-5-8-15-14-16-12-7-6-11(19(3)4)10-13(12)22(20,21)17-14/h6-7,10H,5,8-9H2,1-4H3,(H2,15,16,17). The molecule has 1 aliphatic heterocycles. The van der Waals surface area contributed by atoms with E-state index in [4.69, 9.17) is 0 Å². The maximum absolute atomic E-state index is 12.3. The van der Waals surface area contributed by atoms with E-state index in [-0.39, 0.29) is 10.9 Å². The highest BCUT2D eigenvalue weighted by atomic mass is 32.2. The second-order valence-electron chi connectivity index (χ2n) is 5.69. The SMILES string of the molecule is CN(C)CCCN=C1Nc2ccc(N(C)C)cc2S(=O)(=O)N1. The molecule has 8 heteroatoms. The number of sulfonamides is 1. The molecule has 0 atom stereocenters. The Bertz CT molecular complexity index is 668. The van der Waals surface area contributed by atoms with Crippen LogP contribution in [-0.2, 0) is 10.0 Å². The van der Waals surface area contributed by atoms with E-state index >= 15 is 0 Å². The van der Waals surface area contributed by atoms with E-state index in [1.165, 1.54) is 0 Å². The third kappa shape index (κ3) is 3.89. The monoisotopic (exact) mass is 325 g/mol. The molecule has 1 aromatic rings. The molecule has 122 valence electrons. The molecule has 0 bridgehead atoms. The predicted octanol–water partition coefficient (Wildman–Crippen LogP) is 0.764. The normalized spacial score (nSPS) is 17.8. The Labute approximate surface area is 132 Å². The third-order valence-corrected chi connectivity index (χ3v) is 4.67. The van der Waals surface area contributed by atoms with Crippen molar-refractivity contribution in [2.24, 2.45) is 4.99 Å². The summed E-state index contributed by atoms with van der Waals surface area (Å²) >= 11 is 0. The molecule has 0 saturated carbocycles. The minimum Gasteiger partial charge on any atom is -0.378 e. The van der Waals surface area contributed by atoms with Gasteiger partial charge in [0.25, 0.3) is 10.0 Å². The summed E-state index contributed by atoms with van der Waals surface area (Å²) in [6.07, 6.45) is 0.867. The van der Waals surface area contributed by atoms with Crippen molar-refractivity contribution in [3.8, 4) is 0 Å². The summed E-state index contributed by atoms with van der Waals surface area (Å²) < 4.78 is 27.2. The van der Waals surface area contributed by atoms with Crippen LogP contribution < -0.4 is 14.9 Å². The van der Waals surface area contributed by atoms with E-state index in [1.54, 1.807) is 12.1 Å². The molecule has 0 amide bonds. The maximum atomic E-state index is 12.3. The molecule has 22 heavy (non-hydrogen) atoms. The quantitative estimate of drug-likeness (QED) is 0.782. The number of fused-ring (bicyclic) bond motifs is 1. The fourth-order valence-corrected chi connectivity index (χ4v) is 3.26. The van der Waals surface area contributed by atoms with Gasteiger partial charge in [0, 0.05) is 26.3 Å². The fourth-order valence-electron chi connectivity index (χ4n) is 2.10. The van der Waals surface area contributed by atoms with Gasteiger partial charge in [-0.1, -0.05) is 0 Å². The van der Waals surface area contributed by atoms with E-state index < -0.39 is 10.0 Å². The second kappa shape index (κ2) is 6.53. The Balaban J connectivity index is 2.19. The zero-order valence-corrected chi connectivity index (χ0v) is 14.2. The zero-order valence-electron chi connectivity index (χ0n) is 13.4. The van der Waals surface area contributed by atoms with Gasteiger partial charge in [-0.15, -0.1) is 0 Å². The van der Waals surface area contributed by atoms with Gasteiger partial charge >= 0.3 is 0 Å². The predicted molar refractivity (Wildman–Crippen MR) is 90.2 cm³/mol. The second-order valence-corrected chi connectivity index (χ2v) is 7.34. The summed E-state index contributed by atoms with van der Waals surface area (Å²) in [5, 5.41) is 3.03. The Kier molecular flexibility index (Phi) is 4.92. The largest absolute Gasteiger partial charge is 0.378 e. The van der Waals surface area contributed by atoms with E-state index in [0.29, 0.717) is 12.2 Å². The van der Waals surface area contributed by atoms with Crippen LogP contribution in [0.1, 0.15) is 6.42 Å². The molecule has 0 fully saturated rings. The first-order valence-electron chi connectivity index (χ1n) is 7.10. The number of rotatable bonds is 5. The number of nitrogens with one attached hydrogen (secondary N) is 2. The molecule has 0 unspecified atom stereocenters. The number of anilines is 2. The van der Waals surface area contributed by atoms with Gasteiger partial charge in [0.05, 0.1) is 5.69 Å². The van der Waals surface area contributed by atoms with Crippen LogP contribution in [0.2, 0.25) is 0 Å². The lowest BCUT2D eigenvalue weighted by Crippen LogP contribution is -2.41. The maximum Gasteiger partial charge on any atom is 0.266 e. The molecule has 7 nitrogen and oxygen atoms in total. The van der Waals surface area contributed by atoms with Crippen LogP contribution in [0, 0.1) is 0 Å². The molecule has 2 N–H and O–H groups in total. The Morgan fingerprint density at radius 3 is 2.55 bits per heavy atom. The van der Waals surface area contributed by atoms with Crippen molar-refractivity contribution in [2.75, 3.05) is 51.5 Å². The molecular weight excluding hydrogens is 302 g/mol. The summed E-state index contributed by atoms with van der Waals surface area (Å²) in [7, 11) is 4.15. The van der Waals surface area contributed by atoms with Gasteiger partial charge in [0.15, 0.2) is 0 Å². The van der Waals surface area contributed by atoms with Crippen LogP contribution in [0.3, 0.4) is 0 Å². The van der Waals surface area contributed by atoms with Gasteiger partial charge in [0.2, 0.25) is 5.96 Å². The molecular formula is C14H23N5O2S. The lowest BCUT2D eigenvalue weighted by Gasteiger charge is -2.23. The molecule has 1 heterocycles. The molecule has 0 aromatic heterocycles. The van der Waals surface area contributed by atoms with E-state index in [9.17, 15) is 8.42 Å². The number of guanidine groups is 1. The highest BCUT2D eigenvalue weighted by molar-refractivity contribution is 7.90. The molecule has 0 saturated heterocycles. The third-order valence-electron chi connectivity index (χ3n) is 3.29. The van der Waals surface area contributed by atoms with Crippen molar-refractivity contribution < 1.29 is 8.42 Å². The minimum atomic E-state index is -3.58. The van der Waals surface area contributed by atoms with Crippen molar-refractivity contribution >= 4 is 27.4 Å². The van der Waals surface area contributed by atoms with Gasteiger partial charge < -0.3 is 15.1 Å². The molecule has 0 spiro atoms. The topological polar surface area (TPSA) is 77.0 Å². The Hall–Kier alpha value is -1.80. The lowest BCUT2D eigenvalue weighted by molar-refractivity contribution is 0.403. The zero-order chi connectivity index (χ0) is 16.3. The first-order chi connectivity index (χ1) is 10.3. The number of aliphatic imine (C=N–C) groups is 1. The number of hydrogen-bond donors (Lipinski definition) is 2. The van der Waals surface area contributed by atoms with Crippen LogP contribution in [0.5, 0.6) is 0 Å². The summed E-state index contributed by atoms with van der Waals surface area (Å²) in [5.41, 5.74) is 1.38. The number of hydrogen-bond acceptors (Lipinski definition) is 5. The fraction of sp³-hybridized carbons (Fsp3) is 0.500. The first kappa shape index (κ1) is 16.6. The molecule has 1 aromatic carbocycles. The van der Waals surface area contributed by atoms with Gasteiger partial charge in [0.1, 0.15) is 4.90 Å². The number of benzene rings is 1. The van der Waals surface area contributed by atoms with Crippen LogP contribution >= 0.6 is 0 Å². The Morgan fingerprint density at radius 2 is 1.91 bits per heavy atom. The summed E-state index contributed by atoms with van der Waals surface area (Å²) in [6, 6.07) is 5.28. The van der Waals surface area contributed by atoms with Crippen molar-refractivity contribution in [1.82, 2.24) is 9.62 Å². The average molecular weight is 325 g/mol. The van der Waals surface area contributed by atoms with Crippen LogP contribution in [-0.4, -0.2) is 60.6 Å². The highest BCUT2D eigenvalue weighted by Gasteiger charge is 2.26. The Morgan fingerprint density at radius 1 is 1.18 bits per heavy atom. The van der Waals surface area contributed by atoms with Gasteiger partial charge in [-0.3, -0.25) is 4.99 Å². The average Bonchev–Trinajstić information content (AvgIpc) is 2.42. The highest BCUT2D eigenvalue weighted by Crippen LogP contribution is 2.28. The molecule has 0 aliphatic carbocycles. The molecule has 0 radical (unpaired) electrons. The van der Waals surface area contributed by atoms with E-state index in [2.05, 4.69) is 19.9 Å². The van der Waals surface area contributed by atoms with Gasteiger partial charge in [-0.05, 0) is 45.3 Å². The summed E-state index contributed by atoms with van der Waals surface area (Å²) in [5.74, 6) is 0.281. The summed E-state index contributed by atoms with van der Waals surface area (Å²) in [6.45, 7) is 1.47. The number of nitrogens with zero attached hydrogens (tertiary/aromatic N) is 3. The van der Waals surface area contributed by atoms with Crippen molar-refractivity contribution in [2.45, 2.75) is 11.3 Å². The van der Waals surface area contributed by atoms with Crippen molar-refractivity contribution in [3.63, 3.8) is 0 Å². The van der Waals surface area contributed by atoms with Gasteiger partial charge in [-0.25, -0.2) is 13.1 Å².